The number of anilines is 1. The van der Waals surface area contributed by atoms with E-state index in [0.717, 1.165) is 39.0 Å². The number of hydrogen-bond acceptors (Lipinski definition) is 4. The van der Waals surface area contributed by atoms with E-state index in [1.54, 1.807) is 0 Å². The highest BCUT2D eigenvalue weighted by molar-refractivity contribution is 5.75. The summed E-state index contributed by atoms with van der Waals surface area (Å²) in [4.78, 5) is 16.5. The first-order valence-electron chi connectivity index (χ1n) is 7.38. The predicted octanol–water partition coefficient (Wildman–Crippen LogP) is 2.15. The third kappa shape index (κ3) is 3.51. The molecular weight excluding hydrogens is 252 g/mol. The Morgan fingerprint density at radius 1 is 1.20 bits per heavy atom. The van der Waals surface area contributed by atoms with Crippen molar-refractivity contribution in [3.63, 3.8) is 0 Å². The zero-order valence-corrected chi connectivity index (χ0v) is 12.4. The van der Waals surface area contributed by atoms with Crippen LogP contribution in [-0.4, -0.2) is 50.2 Å². The SMILES string of the molecule is CCCC(C(=O)OC)N1CCN(c2ccccc2)CC1. The van der Waals surface area contributed by atoms with Crippen LogP contribution in [0, 0.1) is 0 Å². The van der Waals surface area contributed by atoms with E-state index in [9.17, 15) is 4.79 Å². The Balaban J connectivity index is 1.94. The average molecular weight is 276 g/mol. The van der Waals surface area contributed by atoms with Crippen LogP contribution in [0.3, 0.4) is 0 Å². The second-order valence-corrected chi connectivity index (χ2v) is 5.19. The first-order chi connectivity index (χ1) is 9.76. The molecule has 0 spiro atoms. The average Bonchev–Trinajstić information content (AvgIpc) is 2.53. The maximum atomic E-state index is 11.9. The molecule has 2 rings (SSSR count). The minimum absolute atomic E-state index is 0.0806. The molecule has 1 aromatic carbocycles. The van der Waals surface area contributed by atoms with Crippen LogP contribution in [0.25, 0.3) is 0 Å². The molecule has 1 heterocycles. The molecule has 1 aliphatic heterocycles. The van der Waals surface area contributed by atoms with Crippen molar-refractivity contribution in [3.05, 3.63) is 30.3 Å². The van der Waals surface area contributed by atoms with Crippen LogP contribution < -0.4 is 4.90 Å². The molecule has 110 valence electrons. The normalized spacial score (nSPS) is 17.8. The number of esters is 1. The fraction of sp³-hybridized carbons (Fsp3) is 0.562. The van der Waals surface area contributed by atoms with E-state index >= 15 is 0 Å². The van der Waals surface area contributed by atoms with Gasteiger partial charge in [-0.3, -0.25) is 9.69 Å². The number of carbonyl (C=O) groups excluding carboxylic acids is 1. The molecule has 0 saturated carbocycles. The number of piperazine rings is 1. The molecule has 1 unspecified atom stereocenters. The number of methoxy groups -OCH3 is 1. The topological polar surface area (TPSA) is 32.8 Å². The number of rotatable bonds is 5. The Morgan fingerprint density at radius 2 is 1.85 bits per heavy atom. The molecule has 1 fully saturated rings. The van der Waals surface area contributed by atoms with E-state index in [-0.39, 0.29) is 12.0 Å². The highest BCUT2D eigenvalue weighted by atomic mass is 16.5. The minimum atomic E-state index is -0.0972. The van der Waals surface area contributed by atoms with E-state index in [0.29, 0.717) is 0 Å². The van der Waals surface area contributed by atoms with Crippen molar-refractivity contribution in [1.82, 2.24) is 4.90 Å². The molecule has 0 N–H and O–H groups in total. The maximum Gasteiger partial charge on any atom is 0.323 e. The lowest BCUT2D eigenvalue weighted by Crippen LogP contribution is -2.53. The number of ether oxygens (including phenoxy) is 1. The van der Waals surface area contributed by atoms with Crippen LogP contribution >= 0.6 is 0 Å². The van der Waals surface area contributed by atoms with Gasteiger partial charge in [0.05, 0.1) is 7.11 Å². The van der Waals surface area contributed by atoms with Gasteiger partial charge in [-0.15, -0.1) is 0 Å². The third-order valence-electron chi connectivity index (χ3n) is 3.91. The highest BCUT2D eigenvalue weighted by Gasteiger charge is 2.28. The second kappa shape index (κ2) is 7.29. The van der Waals surface area contributed by atoms with Crippen LogP contribution in [0.2, 0.25) is 0 Å². The molecule has 0 radical (unpaired) electrons. The first kappa shape index (κ1) is 14.9. The lowest BCUT2D eigenvalue weighted by Gasteiger charge is -2.39. The third-order valence-corrected chi connectivity index (χ3v) is 3.91. The molecule has 0 amide bonds. The summed E-state index contributed by atoms with van der Waals surface area (Å²) >= 11 is 0. The van der Waals surface area contributed by atoms with Crippen molar-refractivity contribution in [2.24, 2.45) is 0 Å². The van der Waals surface area contributed by atoms with Crippen molar-refractivity contribution in [2.75, 3.05) is 38.2 Å². The smallest absolute Gasteiger partial charge is 0.323 e. The van der Waals surface area contributed by atoms with E-state index in [1.807, 2.05) is 6.07 Å². The second-order valence-electron chi connectivity index (χ2n) is 5.19. The lowest BCUT2D eigenvalue weighted by atomic mass is 10.1. The summed E-state index contributed by atoms with van der Waals surface area (Å²) in [7, 11) is 1.48. The number of benzene rings is 1. The summed E-state index contributed by atoms with van der Waals surface area (Å²) in [5.74, 6) is -0.0972. The molecule has 1 aromatic rings. The Hall–Kier alpha value is -1.55. The van der Waals surface area contributed by atoms with Crippen molar-refractivity contribution in [1.29, 1.82) is 0 Å². The van der Waals surface area contributed by atoms with E-state index in [2.05, 4.69) is 41.0 Å². The van der Waals surface area contributed by atoms with Gasteiger partial charge in [0.15, 0.2) is 0 Å². The zero-order valence-electron chi connectivity index (χ0n) is 12.4. The van der Waals surface area contributed by atoms with Gasteiger partial charge in [-0.1, -0.05) is 31.5 Å². The minimum Gasteiger partial charge on any atom is -0.468 e. The van der Waals surface area contributed by atoms with Gasteiger partial charge in [-0.05, 0) is 18.6 Å². The number of para-hydroxylation sites is 1. The molecule has 1 aliphatic rings. The van der Waals surface area contributed by atoms with Gasteiger partial charge in [0.1, 0.15) is 6.04 Å². The molecular formula is C16H24N2O2. The monoisotopic (exact) mass is 276 g/mol. The lowest BCUT2D eigenvalue weighted by molar-refractivity contribution is -0.147. The maximum absolute atomic E-state index is 11.9. The van der Waals surface area contributed by atoms with Gasteiger partial charge < -0.3 is 9.64 Å². The Bertz CT molecular complexity index is 414. The van der Waals surface area contributed by atoms with E-state index in [4.69, 9.17) is 4.74 Å². The van der Waals surface area contributed by atoms with Gasteiger partial charge in [0.25, 0.3) is 0 Å². The molecule has 20 heavy (non-hydrogen) atoms. The largest absolute Gasteiger partial charge is 0.468 e. The van der Waals surface area contributed by atoms with Crippen molar-refractivity contribution in [2.45, 2.75) is 25.8 Å². The summed E-state index contributed by atoms with van der Waals surface area (Å²) in [5.41, 5.74) is 1.26. The molecule has 1 atom stereocenters. The van der Waals surface area contributed by atoms with Gasteiger partial charge in [0, 0.05) is 31.9 Å². The van der Waals surface area contributed by atoms with Crippen LogP contribution in [0.15, 0.2) is 30.3 Å². The predicted molar refractivity (Wildman–Crippen MR) is 80.9 cm³/mol. The number of nitrogens with zero attached hydrogens (tertiary/aromatic N) is 2. The number of hydrogen-bond donors (Lipinski definition) is 0. The van der Waals surface area contributed by atoms with E-state index in [1.165, 1.54) is 12.8 Å². The fourth-order valence-electron chi connectivity index (χ4n) is 2.79. The standard InChI is InChI=1S/C16H24N2O2/c1-3-7-15(16(19)20-2)18-12-10-17(11-13-18)14-8-5-4-6-9-14/h4-6,8-9,15H,3,7,10-13H2,1-2H3. The summed E-state index contributed by atoms with van der Waals surface area (Å²) in [6.07, 6.45) is 1.87. The Morgan fingerprint density at radius 3 is 2.40 bits per heavy atom. The summed E-state index contributed by atoms with van der Waals surface area (Å²) < 4.78 is 4.94. The van der Waals surface area contributed by atoms with Crippen molar-refractivity contribution in [3.8, 4) is 0 Å². The van der Waals surface area contributed by atoms with Crippen LogP contribution in [0.4, 0.5) is 5.69 Å². The van der Waals surface area contributed by atoms with Crippen molar-refractivity contribution >= 4 is 11.7 Å². The van der Waals surface area contributed by atoms with Gasteiger partial charge in [-0.2, -0.15) is 0 Å². The molecule has 1 saturated heterocycles. The molecule has 0 aliphatic carbocycles. The summed E-state index contributed by atoms with van der Waals surface area (Å²) in [6, 6.07) is 10.4. The number of carbonyl (C=O) groups is 1. The molecule has 0 aromatic heterocycles. The van der Waals surface area contributed by atoms with Crippen LogP contribution in [0.5, 0.6) is 0 Å². The van der Waals surface area contributed by atoms with Crippen molar-refractivity contribution < 1.29 is 9.53 Å². The molecule has 4 nitrogen and oxygen atoms in total. The molecule has 0 bridgehead atoms. The zero-order chi connectivity index (χ0) is 14.4. The molecule has 4 heteroatoms. The highest BCUT2D eigenvalue weighted by Crippen LogP contribution is 2.18. The van der Waals surface area contributed by atoms with Gasteiger partial charge in [-0.25, -0.2) is 0 Å². The van der Waals surface area contributed by atoms with Gasteiger partial charge >= 0.3 is 5.97 Å². The Kier molecular flexibility index (Phi) is 5.41. The van der Waals surface area contributed by atoms with Crippen LogP contribution in [0.1, 0.15) is 19.8 Å². The summed E-state index contributed by atoms with van der Waals surface area (Å²) in [6.45, 7) is 5.85. The van der Waals surface area contributed by atoms with Crippen LogP contribution in [-0.2, 0) is 9.53 Å². The quantitative estimate of drug-likeness (QED) is 0.772. The van der Waals surface area contributed by atoms with E-state index < -0.39 is 0 Å². The first-order valence-corrected chi connectivity index (χ1v) is 7.38. The van der Waals surface area contributed by atoms with Gasteiger partial charge in [0.2, 0.25) is 0 Å². The fourth-order valence-corrected chi connectivity index (χ4v) is 2.79. The summed E-state index contributed by atoms with van der Waals surface area (Å²) in [5, 5.41) is 0. The Labute approximate surface area is 121 Å².